The van der Waals surface area contributed by atoms with Gasteiger partial charge in [0.1, 0.15) is 0 Å². The lowest BCUT2D eigenvalue weighted by molar-refractivity contribution is 0.569. The van der Waals surface area contributed by atoms with Gasteiger partial charge in [0.25, 0.3) is 0 Å². The first kappa shape index (κ1) is 27.6. The number of benzene rings is 5. The normalized spacial score (nSPS) is 16.4. The molecule has 0 heterocycles. The number of hydrogen-bond acceptors (Lipinski definition) is 0. The Kier molecular flexibility index (Phi) is 6.55. The Morgan fingerprint density at radius 3 is 1.66 bits per heavy atom. The quantitative estimate of drug-likeness (QED) is 0.208. The molecule has 0 N–H and O–H groups in total. The van der Waals surface area contributed by atoms with Crippen LogP contribution in [0.4, 0.5) is 0 Å². The van der Waals surface area contributed by atoms with Crippen molar-refractivity contribution < 1.29 is 0 Å². The lowest BCUT2D eigenvalue weighted by atomic mass is 9.71. The van der Waals surface area contributed by atoms with Crippen molar-refractivity contribution in [1.82, 2.24) is 0 Å². The molecule has 0 bridgehead atoms. The Balaban J connectivity index is 1.77. The minimum Gasteiger partial charge on any atom is -0.0843 e. The molecule has 1 aliphatic rings. The predicted molar refractivity (Wildman–Crippen MR) is 177 cm³/mol. The fourth-order valence-electron chi connectivity index (χ4n) is 6.50. The van der Waals surface area contributed by atoms with Crippen LogP contribution in [0.5, 0.6) is 0 Å². The highest BCUT2D eigenvalue weighted by Crippen LogP contribution is 2.58. The molecule has 0 nitrogen and oxygen atoms in total. The molecule has 0 saturated heterocycles. The Morgan fingerprint density at radius 2 is 1.07 bits per heavy atom. The smallest absolute Gasteiger partial charge is 0.0442 e. The molecule has 0 aromatic heterocycles. The van der Waals surface area contributed by atoms with Gasteiger partial charge in [-0.05, 0) is 91.1 Å². The van der Waals surface area contributed by atoms with Gasteiger partial charge >= 0.3 is 0 Å². The largest absolute Gasteiger partial charge is 0.0843 e. The lowest BCUT2D eigenvalue weighted by Gasteiger charge is -2.32. The summed E-state index contributed by atoms with van der Waals surface area (Å²) in [4.78, 5) is 0. The van der Waals surface area contributed by atoms with Crippen LogP contribution in [-0.2, 0) is 16.2 Å². The summed E-state index contributed by atoms with van der Waals surface area (Å²) in [5.41, 5.74) is 13.9. The van der Waals surface area contributed by atoms with Crippen LogP contribution in [0.25, 0.3) is 33.4 Å². The van der Waals surface area contributed by atoms with Crippen LogP contribution < -0.4 is 0 Å². The molecule has 0 saturated carbocycles. The van der Waals surface area contributed by atoms with Gasteiger partial charge in [0.15, 0.2) is 0 Å². The zero-order chi connectivity index (χ0) is 29.2. The van der Waals surface area contributed by atoms with Gasteiger partial charge in [0, 0.05) is 10.4 Å². The molecule has 5 aromatic carbocycles. The summed E-state index contributed by atoms with van der Waals surface area (Å²) in [7, 11) is 0. The van der Waals surface area contributed by atoms with Gasteiger partial charge in [0.05, 0.1) is 0 Å². The van der Waals surface area contributed by atoms with Crippen LogP contribution in [0.1, 0.15) is 76.3 Å². The van der Waals surface area contributed by atoms with Crippen LogP contribution in [0, 0.1) is 0 Å². The second-order valence-corrected chi connectivity index (χ2v) is 14.2. The molecule has 206 valence electrons. The Labute approximate surface area is 251 Å². The minimum absolute atomic E-state index is 0.0301. The average Bonchev–Trinajstić information content (AvgIpc) is 3.21. The van der Waals surface area contributed by atoms with E-state index < -0.39 is 0 Å². The number of halogens is 1. The third-order valence-electron chi connectivity index (χ3n) is 8.91. The van der Waals surface area contributed by atoms with Crippen molar-refractivity contribution in [1.29, 1.82) is 0 Å². The van der Waals surface area contributed by atoms with E-state index in [0.717, 1.165) is 5.02 Å². The van der Waals surface area contributed by atoms with Crippen molar-refractivity contribution in [2.75, 3.05) is 0 Å². The molecule has 1 aliphatic carbocycles. The summed E-state index contributed by atoms with van der Waals surface area (Å²) >= 11 is 6.74. The highest BCUT2D eigenvalue weighted by Gasteiger charge is 2.44. The van der Waals surface area contributed by atoms with Gasteiger partial charge in [-0.25, -0.2) is 0 Å². The molecular formula is C40H39Cl. The highest BCUT2D eigenvalue weighted by atomic mass is 35.5. The number of rotatable bonds is 3. The fourth-order valence-corrected chi connectivity index (χ4v) is 6.68. The summed E-state index contributed by atoms with van der Waals surface area (Å²) in [6.45, 7) is 16.3. The molecule has 5 aromatic rings. The van der Waals surface area contributed by atoms with E-state index in [9.17, 15) is 0 Å². The third kappa shape index (κ3) is 4.63. The van der Waals surface area contributed by atoms with E-state index in [1.54, 1.807) is 0 Å². The van der Waals surface area contributed by atoms with Crippen molar-refractivity contribution >= 4 is 11.6 Å². The highest BCUT2D eigenvalue weighted by molar-refractivity contribution is 6.30. The van der Waals surface area contributed by atoms with Crippen LogP contribution in [0.2, 0.25) is 5.02 Å². The molecule has 0 fully saturated rings. The zero-order valence-corrected chi connectivity index (χ0v) is 26.0. The number of hydrogen-bond donors (Lipinski definition) is 0. The molecule has 0 amide bonds. The molecular weight excluding hydrogens is 516 g/mol. The van der Waals surface area contributed by atoms with Gasteiger partial charge in [-0.1, -0.05) is 150 Å². The first-order chi connectivity index (χ1) is 19.4. The molecule has 6 rings (SSSR count). The van der Waals surface area contributed by atoms with Crippen LogP contribution in [0.15, 0.2) is 109 Å². The first-order valence-electron chi connectivity index (χ1n) is 14.6. The summed E-state index contributed by atoms with van der Waals surface area (Å²) in [5.74, 6) is 0. The van der Waals surface area contributed by atoms with E-state index >= 15 is 0 Å². The van der Waals surface area contributed by atoms with E-state index in [2.05, 4.69) is 152 Å². The Hall–Kier alpha value is -3.61. The van der Waals surface area contributed by atoms with E-state index in [0.29, 0.717) is 0 Å². The molecule has 0 aliphatic heterocycles. The summed E-state index contributed by atoms with van der Waals surface area (Å²) in [6.07, 6.45) is 0. The van der Waals surface area contributed by atoms with E-state index in [1.807, 2.05) is 6.07 Å². The second-order valence-electron chi connectivity index (χ2n) is 13.8. The maximum Gasteiger partial charge on any atom is 0.0442 e. The lowest BCUT2D eigenvalue weighted by Crippen LogP contribution is -2.23. The standard InChI is InChI=1S/C40H39Cl/c1-38(2,3)29-22-27(23-30(24-29)39(4,5)6)33-21-20-32(26-14-10-8-11-15-26)36-34-19-18-31(41)25-35(34)40(7,37(33)36)28-16-12-9-13-17-28/h8-25H,1-7H3. The van der Waals surface area contributed by atoms with Crippen molar-refractivity contribution in [2.45, 2.75) is 64.7 Å². The average molecular weight is 555 g/mol. The van der Waals surface area contributed by atoms with Crippen molar-refractivity contribution in [3.05, 3.63) is 142 Å². The predicted octanol–water partition coefficient (Wildman–Crippen LogP) is 11.6. The van der Waals surface area contributed by atoms with Crippen LogP contribution in [-0.4, -0.2) is 0 Å². The van der Waals surface area contributed by atoms with Crippen molar-refractivity contribution in [3.8, 4) is 33.4 Å². The van der Waals surface area contributed by atoms with Crippen molar-refractivity contribution in [3.63, 3.8) is 0 Å². The monoisotopic (exact) mass is 554 g/mol. The topological polar surface area (TPSA) is 0 Å². The first-order valence-corrected chi connectivity index (χ1v) is 15.0. The summed E-state index contributed by atoms with van der Waals surface area (Å²) in [6, 6.07) is 40.2. The molecule has 1 atom stereocenters. The molecule has 1 unspecified atom stereocenters. The van der Waals surface area contributed by atoms with E-state index in [4.69, 9.17) is 11.6 Å². The van der Waals surface area contributed by atoms with Gasteiger partial charge in [0.2, 0.25) is 0 Å². The summed E-state index contributed by atoms with van der Waals surface area (Å²) in [5, 5.41) is 0.770. The molecule has 1 heteroatoms. The SMILES string of the molecule is CC(C)(C)c1cc(-c2ccc(-c3ccccc3)c3c2C(C)(c2ccccc2)c2cc(Cl)ccc2-3)cc(C(C)(C)C)c1. The second kappa shape index (κ2) is 9.74. The van der Waals surface area contributed by atoms with Crippen LogP contribution in [0.3, 0.4) is 0 Å². The maximum absolute atomic E-state index is 6.74. The van der Waals surface area contributed by atoms with Crippen LogP contribution >= 0.6 is 11.6 Å². The van der Waals surface area contributed by atoms with Crippen molar-refractivity contribution in [2.24, 2.45) is 0 Å². The van der Waals surface area contributed by atoms with E-state index in [1.165, 1.54) is 61.2 Å². The van der Waals surface area contributed by atoms with Gasteiger partial charge in [-0.2, -0.15) is 0 Å². The van der Waals surface area contributed by atoms with Gasteiger partial charge < -0.3 is 0 Å². The Morgan fingerprint density at radius 1 is 0.537 bits per heavy atom. The Bertz CT molecular complexity index is 1720. The van der Waals surface area contributed by atoms with E-state index in [-0.39, 0.29) is 16.2 Å². The third-order valence-corrected chi connectivity index (χ3v) is 9.14. The minimum atomic E-state index is -0.378. The number of fused-ring (bicyclic) bond motifs is 3. The van der Waals surface area contributed by atoms with Gasteiger partial charge in [-0.15, -0.1) is 0 Å². The molecule has 0 spiro atoms. The summed E-state index contributed by atoms with van der Waals surface area (Å²) < 4.78 is 0. The molecule has 0 radical (unpaired) electrons. The fraction of sp³-hybridized carbons (Fsp3) is 0.250. The molecule has 41 heavy (non-hydrogen) atoms. The van der Waals surface area contributed by atoms with Gasteiger partial charge in [-0.3, -0.25) is 0 Å². The zero-order valence-electron chi connectivity index (χ0n) is 25.3. The maximum atomic E-state index is 6.74.